The molecule has 2 aromatic rings. The summed E-state index contributed by atoms with van der Waals surface area (Å²) in [5.74, 6) is -1.08. The molecule has 0 unspecified atom stereocenters. The van der Waals surface area contributed by atoms with E-state index in [1.165, 1.54) is 6.07 Å². The van der Waals surface area contributed by atoms with Gasteiger partial charge in [-0.05, 0) is 30.5 Å². The highest BCUT2D eigenvalue weighted by Gasteiger charge is 2.17. The first-order chi connectivity index (χ1) is 11.0. The zero-order chi connectivity index (χ0) is 16.8. The molecular formula is C17H21F2N3O. The third-order valence-electron chi connectivity index (χ3n) is 3.71. The van der Waals surface area contributed by atoms with Crippen LogP contribution < -0.4 is 5.32 Å². The molecular weight excluding hydrogens is 300 g/mol. The molecule has 0 saturated carbocycles. The lowest BCUT2D eigenvalue weighted by molar-refractivity contribution is -0.121. The Kier molecular flexibility index (Phi) is 5.84. The van der Waals surface area contributed by atoms with Crippen LogP contribution in [0.4, 0.5) is 8.78 Å². The number of aryl methyl sites for hydroxylation is 2. The molecule has 0 aliphatic rings. The van der Waals surface area contributed by atoms with Gasteiger partial charge in [-0.15, -0.1) is 0 Å². The molecule has 1 atom stereocenters. The van der Waals surface area contributed by atoms with Gasteiger partial charge in [-0.25, -0.2) is 13.8 Å². The van der Waals surface area contributed by atoms with Gasteiger partial charge in [0.15, 0.2) is 11.6 Å². The second kappa shape index (κ2) is 7.85. The number of aromatic nitrogens is 2. The van der Waals surface area contributed by atoms with Gasteiger partial charge in [0, 0.05) is 25.9 Å². The van der Waals surface area contributed by atoms with E-state index in [2.05, 4.69) is 10.3 Å². The van der Waals surface area contributed by atoms with Crippen molar-refractivity contribution >= 4 is 5.91 Å². The van der Waals surface area contributed by atoms with Crippen LogP contribution in [0.5, 0.6) is 0 Å². The molecule has 0 radical (unpaired) electrons. The first kappa shape index (κ1) is 17.1. The fourth-order valence-electron chi connectivity index (χ4n) is 2.49. The minimum atomic E-state index is -0.889. The van der Waals surface area contributed by atoms with Crippen molar-refractivity contribution in [3.8, 4) is 0 Å². The molecule has 4 nitrogen and oxygen atoms in total. The monoisotopic (exact) mass is 321 g/mol. The van der Waals surface area contributed by atoms with Gasteiger partial charge in [-0.3, -0.25) is 4.79 Å². The minimum Gasteiger partial charge on any atom is -0.346 e. The minimum absolute atomic E-state index is 0.129. The molecule has 0 bridgehead atoms. The van der Waals surface area contributed by atoms with Gasteiger partial charge >= 0.3 is 0 Å². The maximum absolute atomic E-state index is 13.2. The zero-order valence-corrected chi connectivity index (χ0v) is 13.4. The van der Waals surface area contributed by atoms with E-state index in [1.807, 2.05) is 24.7 Å². The summed E-state index contributed by atoms with van der Waals surface area (Å²) in [6.45, 7) is 2.05. The Bertz CT molecular complexity index is 670. The van der Waals surface area contributed by atoms with E-state index in [9.17, 15) is 13.6 Å². The summed E-state index contributed by atoms with van der Waals surface area (Å²) in [5, 5.41) is 2.97. The molecule has 0 aliphatic heterocycles. The number of nitrogens with zero attached hydrogens (tertiary/aromatic N) is 2. The van der Waals surface area contributed by atoms with Crippen molar-refractivity contribution < 1.29 is 13.6 Å². The predicted octanol–water partition coefficient (Wildman–Crippen LogP) is 3.29. The van der Waals surface area contributed by atoms with Crippen LogP contribution >= 0.6 is 0 Å². The summed E-state index contributed by atoms with van der Waals surface area (Å²) in [4.78, 5) is 16.4. The molecule has 6 heteroatoms. The van der Waals surface area contributed by atoms with Crippen LogP contribution in [-0.2, 0) is 18.3 Å². The Morgan fingerprint density at radius 1 is 1.35 bits per heavy atom. The van der Waals surface area contributed by atoms with Crippen molar-refractivity contribution in [1.82, 2.24) is 14.9 Å². The third kappa shape index (κ3) is 4.61. The molecule has 23 heavy (non-hydrogen) atoms. The Balaban J connectivity index is 1.94. The lowest BCUT2D eigenvalue weighted by atomic mass is 10.1. The van der Waals surface area contributed by atoms with Gasteiger partial charge in [0.2, 0.25) is 5.91 Å². The lowest BCUT2D eigenvalue weighted by Crippen LogP contribution is -2.30. The zero-order valence-electron chi connectivity index (χ0n) is 13.4. The molecule has 2 rings (SSSR count). The van der Waals surface area contributed by atoms with Crippen molar-refractivity contribution in [2.45, 2.75) is 38.6 Å². The molecule has 0 fully saturated rings. The number of nitrogens with one attached hydrogen (secondary N) is 1. The van der Waals surface area contributed by atoms with Crippen LogP contribution in [0.1, 0.15) is 43.6 Å². The van der Waals surface area contributed by atoms with Gasteiger partial charge in [-0.1, -0.05) is 19.4 Å². The van der Waals surface area contributed by atoms with Crippen LogP contribution in [0.2, 0.25) is 0 Å². The van der Waals surface area contributed by atoms with Gasteiger partial charge in [0.1, 0.15) is 5.82 Å². The highest BCUT2D eigenvalue weighted by molar-refractivity contribution is 5.76. The number of hydrogen-bond acceptors (Lipinski definition) is 2. The highest BCUT2D eigenvalue weighted by Crippen LogP contribution is 2.17. The Labute approximate surface area is 134 Å². The second-order valence-corrected chi connectivity index (χ2v) is 5.55. The first-order valence-electron chi connectivity index (χ1n) is 7.71. The van der Waals surface area contributed by atoms with Gasteiger partial charge < -0.3 is 9.88 Å². The molecule has 0 saturated heterocycles. The molecule has 1 heterocycles. The highest BCUT2D eigenvalue weighted by atomic mass is 19.2. The van der Waals surface area contributed by atoms with Gasteiger partial charge in [-0.2, -0.15) is 0 Å². The van der Waals surface area contributed by atoms with Crippen molar-refractivity contribution in [2.75, 3.05) is 0 Å². The fraction of sp³-hybridized carbons (Fsp3) is 0.412. The SMILES string of the molecule is CCC[C@@H](NC(=O)CCc1ccc(F)c(F)c1)c1nccn1C. The normalized spacial score (nSPS) is 12.2. The summed E-state index contributed by atoms with van der Waals surface area (Å²) in [5.41, 5.74) is 0.600. The van der Waals surface area contributed by atoms with E-state index in [-0.39, 0.29) is 18.4 Å². The molecule has 0 aliphatic carbocycles. The van der Waals surface area contributed by atoms with Gasteiger partial charge in [0.05, 0.1) is 6.04 Å². The summed E-state index contributed by atoms with van der Waals surface area (Å²) >= 11 is 0. The number of imidazole rings is 1. The van der Waals surface area contributed by atoms with E-state index < -0.39 is 11.6 Å². The summed E-state index contributed by atoms with van der Waals surface area (Å²) < 4.78 is 27.9. The molecule has 1 amide bonds. The largest absolute Gasteiger partial charge is 0.346 e. The topological polar surface area (TPSA) is 46.9 Å². The predicted molar refractivity (Wildman–Crippen MR) is 83.7 cm³/mol. The van der Waals surface area contributed by atoms with E-state index in [1.54, 1.807) is 6.20 Å². The van der Waals surface area contributed by atoms with E-state index in [4.69, 9.17) is 0 Å². The first-order valence-corrected chi connectivity index (χ1v) is 7.71. The Hall–Kier alpha value is -2.24. The number of hydrogen-bond donors (Lipinski definition) is 1. The van der Waals surface area contributed by atoms with Crippen LogP contribution in [-0.4, -0.2) is 15.5 Å². The number of carbonyl (C=O) groups is 1. The van der Waals surface area contributed by atoms with Crippen LogP contribution in [0.25, 0.3) is 0 Å². The van der Waals surface area contributed by atoms with Crippen LogP contribution in [0, 0.1) is 11.6 Å². The van der Waals surface area contributed by atoms with Crippen LogP contribution in [0.15, 0.2) is 30.6 Å². The summed E-state index contributed by atoms with van der Waals surface area (Å²) in [6, 6.07) is 3.56. The number of rotatable bonds is 7. The Morgan fingerprint density at radius 2 is 2.13 bits per heavy atom. The number of carbonyl (C=O) groups excluding carboxylic acids is 1. The average Bonchev–Trinajstić information content (AvgIpc) is 2.94. The summed E-state index contributed by atoms with van der Waals surface area (Å²) in [7, 11) is 1.89. The quantitative estimate of drug-likeness (QED) is 0.850. The van der Waals surface area contributed by atoms with Crippen LogP contribution in [0.3, 0.4) is 0 Å². The molecule has 1 aromatic carbocycles. The van der Waals surface area contributed by atoms with Crippen molar-refractivity contribution in [2.24, 2.45) is 7.05 Å². The fourth-order valence-corrected chi connectivity index (χ4v) is 2.49. The Morgan fingerprint density at radius 3 is 2.74 bits per heavy atom. The number of halogens is 2. The lowest BCUT2D eigenvalue weighted by Gasteiger charge is -2.18. The van der Waals surface area contributed by atoms with Crippen molar-refractivity contribution in [3.63, 3.8) is 0 Å². The standard InChI is InChI=1S/C17H21F2N3O/c1-3-4-15(17-20-9-10-22(17)2)21-16(23)8-6-12-5-7-13(18)14(19)11-12/h5,7,9-11,15H,3-4,6,8H2,1-2H3,(H,21,23)/t15-/m1/s1. The smallest absolute Gasteiger partial charge is 0.220 e. The molecule has 1 N–H and O–H groups in total. The van der Waals surface area contributed by atoms with E-state index >= 15 is 0 Å². The van der Waals surface area contributed by atoms with Gasteiger partial charge in [0.25, 0.3) is 0 Å². The maximum atomic E-state index is 13.2. The third-order valence-corrected chi connectivity index (χ3v) is 3.71. The number of benzene rings is 1. The summed E-state index contributed by atoms with van der Waals surface area (Å²) in [6.07, 6.45) is 5.83. The van der Waals surface area contributed by atoms with Crippen molar-refractivity contribution in [1.29, 1.82) is 0 Å². The molecule has 1 aromatic heterocycles. The second-order valence-electron chi connectivity index (χ2n) is 5.55. The van der Waals surface area contributed by atoms with E-state index in [0.717, 1.165) is 30.8 Å². The maximum Gasteiger partial charge on any atom is 0.220 e. The van der Waals surface area contributed by atoms with E-state index in [0.29, 0.717) is 12.0 Å². The number of amides is 1. The molecule has 124 valence electrons. The molecule has 0 spiro atoms. The average molecular weight is 321 g/mol. The van der Waals surface area contributed by atoms with Crippen molar-refractivity contribution in [3.05, 3.63) is 53.6 Å².